The van der Waals surface area contributed by atoms with Gasteiger partial charge >= 0.3 is 5.97 Å². The van der Waals surface area contributed by atoms with Gasteiger partial charge in [-0.3, -0.25) is 4.79 Å². The zero-order valence-electron chi connectivity index (χ0n) is 12.2. The van der Waals surface area contributed by atoms with Gasteiger partial charge in [-0.2, -0.15) is 0 Å². The maximum atomic E-state index is 11.6. The predicted molar refractivity (Wildman–Crippen MR) is 78.7 cm³/mol. The van der Waals surface area contributed by atoms with Crippen LogP contribution in [0.4, 0.5) is 0 Å². The highest BCUT2D eigenvalue weighted by molar-refractivity contribution is 6.08. The molecule has 1 aromatic heterocycles. The molecule has 0 bridgehead atoms. The van der Waals surface area contributed by atoms with Crippen LogP contribution in [-0.4, -0.2) is 21.9 Å². The Morgan fingerprint density at radius 3 is 2.45 bits per heavy atom. The van der Waals surface area contributed by atoms with Crippen LogP contribution in [0.3, 0.4) is 0 Å². The predicted octanol–water partition coefficient (Wildman–Crippen LogP) is 3.47. The summed E-state index contributed by atoms with van der Waals surface area (Å²) in [5, 5.41) is 10.2. The Balaban J connectivity index is 2.94. The monoisotopic (exact) mass is 273 g/mol. The lowest BCUT2D eigenvalue weighted by Crippen LogP contribution is -2.13. The number of fused-ring (bicyclic) bond motifs is 1. The first kappa shape index (κ1) is 14.3. The highest BCUT2D eigenvalue weighted by atomic mass is 16.4. The molecule has 0 atom stereocenters. The van der Waals surface area contributed by atoms with E-state index in [0.29, 0.717) is 23.0 Å². The van der Waals surface area contributed by atoms with Crippen molar-refractivity contribution < 1.29 is 14.7 Å². The maximum absolute atomic E-state index is 11.6. The van der Waals surface area contributed by atoms with Crippen LogP contribution in [-0.2, 0) is 12.0 Å². The van der Waals surface area contributed by atoms with Crippen molar-refractivity contribution in [2.24, 2.45) is 0 Å². The van der Waals surface area contributed by atoms with Gasteiger partial charge in [0.05, 0.1) is 11.1 Å². The third kappa shape index (κ3) is 2.22. The summed E-state index contributed by atoms with van der Waals surface area (Å²) >= 11 is 0. The van der Waals surface area contributed by atoms with Crippen LogP contribution in [0.25, 0.3) is 10.9 Å². The van der Waals surface area contributed by atoms with E-state index < -0.39 is 5.97 Å². The molecular weight excluding hydrogens is 254 g/mol. The number of aromatic nitrogens is 1. The van der Waals surface area contributed by atoms with Crippen LogP contribution >= 0.6 is 0 Å². The minimum atomic E-state index is -0.966. The molecular formula is C16H19NO3. The van der Waals surface area contributed by atoms with E-state index >= 15 is 0 Å². The van der Waals surface area contributed by atoms with Gasteiger partial charge in [-0.15, -0.1) is 0 Å². The molecule has 4 heteroatoms. The quantitative estimate of drug-likeness (QED) is 0.871. The van der Waals surface area contributed by atoms with Gasteiger partial charge in [0.2, 0.25) is 0 Å². The van der Waals surface area contributed by atoms with Gasteiger partial charge in [0.15, 0.2) is 6.29 Å². The van der Waals surface area contributed by atoms with Crippen molar-refractivity contribution in [1.82, 2.24) is 4.57 Å². The zero-order chi connectivity index (χ0) is 15.1. The van der Waals surface area contributed by atoms with E-state index in [1.165, 1.54) is 0 Å². The summed E-state index contributed by atoms with van der Waals surface area (Å²) in [5.41, 5.74) is 2.15. The van der Waals surface area contributed by atoms with Crippen molar-refractivity contribution in [3.63, 3.8) is 0 Å². The number of benzene rings is 1. The van der Waals surface area contributed by atoms with Crippen molar-refractivity contribution in [3.05, 3.63) is 35.0 Å². The second kappa shape index (κ2) is 4.78. The van der Waals surface area contributed by atoms with Gasteiger partial charge in [-0.25, -0.2) is 4.79 Å². The fraction of sp³-hybridized carbons (Fsp3) is 0.375. The second-order valence-electron chi connectivity index (χ2n) is 5.96. The number of aldehydes is 1. The van der Waals surface area contributed by atoms with E-state index in [-0.39, 0.29) is 11.0 Å². The molecule has 1 heterocycles. The molecule has 20 heavy (non-hydrogen) atoms. The first-order valence-corrected chi connectivity index (χ1v) is 6.65. The topological polar surface area (TPSA) is 59.3 Å². The maximum Gasteiger partial charge on any atom is 0.337 e. The summed E-state index contributed by atoms with van der Waals surface area (Å²) in [5.74, 6) is -0.966. The Kier molecular flexibility index (Phi) is 3.42. The lowest BCUT2D eigenvalue weighted by Gasteiger charge is -2.20. The van der Waals surface area contributed by atoms with Crippen molar-refractivity contribution in [2.75, 3.05) is 0 Å². The average Bonchev–Trinajstić information content (AvgIpc) is 2.74. The number of carbonyl (C=O) groups is 2. The number of aromatic carboxylic acids is 1. The Labute approximate surface area is 118 Å². The van der Waals surface area contributed by atoms with E-state index in [2.05, 4.69) is 0 Å². The van der Waals surface area contributed by atoms with Gasteiger partial charge in [-0.1, -0.05) is 20.8 Å². The number of carbonyl (C=O) groups excluding carboxylic acids is 1. The number of hydrogen-bond donors (Lipinski definition) is 1. The number of rotatable bonds is 3. The normalized spacial score (nSPS) is 11.8. The van der Waals surface area contributed by atoms with Crippen LogP contribution in [0.2, 0.25) is 0 Å². The molecule has 2 rings (SSSR count). The molecule has 2 aromatic rings. The third-order valence-corrected chi connectivity index (χ3v) is 3.57. The van der Waals surface area contributed by atoms with Crippen LogP contribution in [0.1, 0.15) is 54.0 Å². The summed E-state index contributed by atoms with van der Waals surface area (Å²) in [6.45, 7) is 8.63. The molecule has 4 nitrogen and oxygen atoms in total. The molecule has 0 aliphatic carbocycles. The van der Waals surface area contributed by atoms with Crippen LogP contribution < -0.4 is 0 Å². The first-order valence-electron chi connectivity index (χ1n) is 6.65. The molecule has 0 unspecified atom stereocenters. The third-order valence-electron chi connectivity index (χ3n) is 3.57. The van der Waals surface area contributed by atoms with Crippen molar-refractivity contribution >= 4 is 23.2 Å². The Hall–Kier alpha value is -2.10. The van der Waals surface area contributed by atoms with Gasteiger partial charge < -0.3 is 9.67 Å². The highest BCUT2D eigenvalue weighted by Gasteiger charge is 2.22. The molecule has 0 fully saturated rings. The van der Waals surface area contributed by atoms with E-state index in [0.717, 1.165) is 11.8 Å². The van der Waals surface area contributed by atoms with E-state index in [1.807, 2.05) is 38.3 Å². The molecule has 1 aromatic carbocycles. The molecule has 0 aliphatic heterocycles. The van der Waals surface area contributed by atoms with Gasteiger partial charge in [0, 0.05) is 23.7 Å². The zero-order valence-corrected chi connectivity index (χ0v) is 12.2. The molecule has 0 spiro atoms. The molecule has 0 saturated carbocycles. The number of carboxylic acid groups (broad SMARTS) is 1. The molecule has 0 radical (unpaired) electrons. The van der Waals surface area contributed by atoms with Gasteiger partial charge in [0.25, 0.3) is 0 Å². The second-order valence-corrected chi connectivity index (χ2v) is 5.96. The van der Waals surface area contributed by atoms with Crippen molar-refractivity contribution in [1.29, 1.82) is 0 Å². The first-order chi connectivity index (χ1) is 9.29. The molecule has 1 N–H and O–H groups in total. The standard InChI is InChI=1S/C16H19NO3/c1-5-17-8-10(9-18)12-6-11(16(2,3)4)7-13(14(12)17)15(19)20/h6-9H,5H2,1-4H3,(H,19,20). The Morgan fingerprint density at radius 2 is 2.00 bits per heavy atom. The van der Waals surface area contributed by atoms with Crippen LogP contribution in [0.5, 0.6) is 0 Å². The smallest absolute Gasteiger partial charge is 0.337 e. The van der Waals surface area contributed by atoms with Gasteiger partial charge in [-0.05, 0) is 30.0 Å². The van der Waals surface area contributed by atoms with E-state index in [4.69, 9.17) is 0 Å². The Bertz CT molecular complexity index is 690. The number of aryl methyl sites for hydroxylation is 1. The van der Waals surface area contributed by atoms with Crippen LogP contribution in [0.15, 0.2) is 18.3 Å². The molecule has 0 aliphatic rings. The largest absolute Gasteiger partial charge is 0.478 e. The van der Waals surface area contributed by atoms with Crippen LogP contribution in [0, 0.1) is 0 Å². The van der Waals surface area contributed by atoms with Crippen molar-refractivity contribution in [2.45, 2.75) is 39.7 Å². The molecule has 0 saturated heterocycles. The van der Waals surface area contributed by atoms with Gasteiger partial charge in [0.1, 0.15) is 0 Å². The summed E-state index contributed by atoms with van der Waals surface area (Å²) in [6.07, 6.45) is 2.50. The lowest BCUT2D eigenvalue weighted by molar-refractivity contribution is 0.0698. The number of hydrogen-bond acceptors (Lipinski definition) is 2. The van der Waals surface area contributed by atoms with E-state index in [1.54, 1.807) is 12.3 Å². The highest BCUT2D eigenvalue weighted by Crippen LogP contribution is 2.31. The fourth-order valence-electron chi connectivity index (χ4n) is 2.41. The summed E-state index contributed by atoms with van der Waals surface area (Å²) in [6, 6.07) is 3.64. The summed E-state index contributed by atoms with van der Waals surface area (Å²) < 4.78 is 1.81. The fourth-order valence-corrected chi connectivity index (χ4v) is 2.41. The Morgan fingerprint density at radius 1 is 1.35 bits per heavy atom. The summed E-state index contributed by atoms with van der Waals surface area (Å²) in [7, 11) is 0. The van der Waals surface area contributed by atoms with Crippen molar-refractivity contribution in [3.8, 4) is 0 Å². The SMILES string of the molecule is CCn1cc(C=O)c2cc(C(C)(C)C)cc(C(=O)O)c21. The summed E-state index contributed by atoms with van der Waals surface area (Å²) in [4.78, 5) is 22.8. The average molecular weight is 273 g/mol. The number of nitrogens with zero attached hydrogens (tertiary/aromatic N) is 1. The van der Waals surface area contributed by atoms with E-state index in [9.17, 15) is 14.7 Å². The number of carboxylic acids is 1. The minimum Gasteiger partial charge on any atom is -0.478 e. The molecule has 106 valence electrons. The minimum absolute atomic E-state index is 0.174. The molecule has 0 amide bonds. The lowest BCUT2D eigenvalue weighted by atomic mass is 9.85.